The molecule has 0 saturated carbocycles. The van der Waals surface area contributed by atoms with E-state index >= 15 is 0 Å². The highest BCUT2D eigenvalue weighted by atomic mass is 15.3. The molecule has 1 aliphatic rings. The van der Waals surface area contributed by atoms with Gasteiger partial charge in [-0.1, -0.05) is 36.8 Å². The van der Waals surface area contributed by atoms with Crippen LogP contribution in [0, 0.1) is 6.92 Å². The van der Waals surface area contributed by atoms with Crippen LogP contribution >= 0.6 is 0 Å². The summed E-state index contributed by atoms with van der Waals surface area (Å²) < 4.78 is 0. The first-order valence-corrected chi connectivity index (χ1v) is 7.42. The van der Waals surface area contributed by atoms with Gasteiger partial charge in [0.2, 0.25) is 0 Å². The number of quaternary nitrogens is 2. The number of hydrogen-bond donors (Lipinski definition) is 2. The van der Waals surface area contributed by atoms with E-state index in [-0.39, 0.29) is 0 Å². The van der Waals surface area contributed by atoms with Gasteiger partial charge >= 0.3 is 0 Å². The van der Waals surface area contributed by atoms with E-state index in [0.717, 1.165) is 6.04 Å². The second kappa shape index (κ2) is 6.35. The van der Waals surface area contributed by atoms with Crippen LogP contribution in [-0.4, -0.2) is 32.2 Å². The SMILES string of the molecule is CC[C@H](C)[NH+]1CC[NH+](Cc2ccc(C)cc2)CC1. The quantitative estimate of drug-likeness (QED) is 0.747. The van der Waals surface area contributed by atoms with Gasteiger partial charge in [-0.15, -0.1) is 0 Å². The van der Waals surface area contributed by atoms with Crippen LogP contribution in [0.25, 0.3) is 0 Å². The smallest absolute Gasteiger partial charge is 0.127 e. The summed E-state index contributed by atoms with van der Waals surface area (Å²) in [5, 5.41) is 0. The predicted octanol–water partition coefficient (Wildman–Crippen LogP) is 0.0769. The monoisotopic (exact) mass is 248 g/mol. The lowest BCUT2D eigenvalue weighted by atomic mass is 10.1. The van der Waals surface area contributed by atoms with Gasteiger partial charge in [0.05, 0.1) is 6.04 Å². The Bertz CT molecular complexity index is 350. The third-order valence-electron chi connectivity index (χ3n) is 4.48. The molecule has 1 fully saturated rings. The van der Waals surface area contributed by atoms with E-state index in [9.17, 15) is 0 Å². The van der Waals surface area contributed by atoms with Crippen LogP contribution in [0.5, 0.6) is 0 Å². The average molecular weight is 248 g/mol. The molecule has 0 radical (unpaired) electrons. The zero-order valence-electron chi connectivity index (χ0n) is 12.1. The molecule has 0 unspecified atom stereocenters. The number of rotatable bonds is 4. The molecule has 1 saturated heterocycles. The van der Waals surface area contributed by atoms with Gasteiger partial charge in [0, 0.05) is 5.56 Å². The number of aryl methyl sites for hydroxylation is 1. The third-order valence-corrected chi connectivity index (χ3v) is 4.48. The summed E-state index contributed by atoms with van der Waals surface area (Å²) in [6.07, 6.45) is 1.31. The second-order valence-corrected chi connectivity index (χ2v) is 5.88. The van der Waals surface area contributed by atoms with Crippen LogP contribution in [-0.2, 0) is 6.54 Å². The second-order valence-electron chi connectivity index (χ2n) is 5.88. The average Bonchev–Trinajstić information content (AvgIpc) is 2.41. The van der Waals surface area contributed by atoms with Crippen molar-refractivity contribution >= 4 is 0 Å². The summed E-state index contributed by atoms with van der Waals surface area (Å²) in [5.41, 5.74) is 2.85. The molecular weight excluding hydrogens is 220 g/mol. The standard InChI is InChI=1S/C16H26N2/c1-4-15(3)18-11-9-17(10-12-18)13-16-7-5-14(2)6-8-16/h5-8,15H,4,9-13H2,1-3H3/p+2/t15-/m0/s1. The van der Waals surface area contributed by atoms with Crippen LogP contribution in [0.2, 0.25) is 0 Å². The number of hydrogen-bond acceptors (Lipinski definition) is 0. The molecule has 1 aromatic carbocycles. The van der Waals surface area contributed by atoms with E-state index in [4.69, 9.17) is 0 Å². The first kappa shape index (κ1) is 13.6. The fourth-order valence-electron chi connectivity index (χ4n) is 2.88. The van der Waals surface area contributed by atoms with E-state index in [0.29, 0.717) is 0 Å². The molecule has 1 aliphatic heterocycles. The third kappa shape index (κ3) is 3.56. The Morgan fingerprint density at radius 3 is 2.22 bits per heavy atom. The topological polar surface area (TPSA) is 8.88 Å². The Labute approximate surface area is 112 Å². The van der Waals surface area contributed by atoms with E-state index in [1.807, 2.05) is 4.90 Å². The minimum absolute atomic E-state index is 0.839. The van der Waals surface area contributed by atoms with E-state index in [1.165, 1.54) is 50.3 Å². The molecule has 0 bridgehead atoms. The molecule has 2 rings (SSSR count). The molecular formula is C16H28N2+2. The normalized spacial score (nSPS) is 25.9. The van der Waals surface area contributed by atoms with Crippen LogP contribution in [0.4, 0.5) is 0 Å². The molecule has 0 amide bonds. The lowest BCUT2D eigenvalue weighted by molar-refractivity contribution is -1.03. The largest absolute Gasteiger partial charge is 0.323 e. The van der Waals surface area contributed by atoms with E-state index in [1.54, 1.807) is 4.90 Å². The van der Waals surface area contributed by atoms with Crippen molar-refractivity contribution in [1.29, 1.82) is 0 Å². The van der Waals surface area contributed by atoms with Gasteiger partial charge in [-0.25, -0.2) is 0 Å². The fraction of sp³-hybridized carbons (Fsp3) is 0.625. The van der Waals surface area contributed by atoms with Crippen molar-refractivity contribution in [1.82, 2.24) is 0 Å². The lowest BCUT2D eigenvalue weighted by Gasteiger charge is -2.33. The molecule has 0 spiro atoms. The van der Waals surface area contributed by atoms with Gasteiger partial charge in [0.15, 0.2) is 0 Å². The Morgan fingerprint density at radius 2 is 1.67 bits per heavy atom. The molecule has 2 N–H and O–H groups in total. The minimum atomic E-state index is 0.839. The number of piperazine rings is 1. The van der Waals surface area contributed by atoms with Gasteiger partial charge in [0.1, 0.15) is 32.7 Å². The zero-order valence-corrected chi connectivity index (χ0v) is 12.1. The van der Waals surface area contributed by atoms with Crippen molar-refractivity contribution in [3.05, 3.63) is 35.4 Å². The van der Waals surface area contributed by atoms with Crippen molar-refractivity contribution < 1.29 is 9.80 Å². The Morgan fingerprint density at radius 1 is 1.06 bits per heavy atom. The highest BCUT2D eigenvalue weighted by molar-refractivity contribution is 5.20. The van der Waals surface area contributed by atoms with Crippen molar-refractivity contribution in [3.63, 3.8) is 0 Å². The summed E-state index contributed by atoms with van der Waals surface area (Å²) in [5.74, 6) is 0. The summed E-state index contributed by atoms with van der Waals surface area (Å²) in [7, 11) is 0. The van der Waals surface area contributed by atoms with Crippen molar-refractivity contribution in [3.8, 4) is 0 Å². The molecule has 1 heterocycles. The maximum absolute atomic E-state index is 2.39. The number of nitrogens with one attached hydrogen (secondary N) is 2. The molecule has 1 aromatic rings. The van der Waals surface area contributed by atoms with Crippen LogP contribution in [0.1, 0.15) is 31.4 Å². The van der Waals surface area contributed by atoms with E-state index < -0.39 is 0 Å². The van der Waals surface area contributed by atoms with Crippen LogP contribution in [0.3, 0.4) is 0 Å². The Balaban J connectivity index is 1.81. The number of benzene rings is 1. The van der Waals surface area contributed by atoms with Gasteiger partial charge in [0.25, 0.3) is 0 Å². The molecule has 2 heteroatoms. The maximum Gasteiger partial charge on any atom is 0.127 e. The fourth-order valence-corrected chi connectivity index (χ4v) is 2.88. The summed E-state index contributed by atoms with van der Waals surface area (Å²) in [4.78, 5) is 3.57. The lowest BCUT2D eigenvalue weighted by Crippen LogP contribution is -3.29. The van der Waals surface area contributed by atoms with Gasteiger partial charge < -0.3 is 9.80 Å². The molecule has 100 valence electrons. The Hall–Kier alpha value is -0.860. The minimum Gasteiger partial charge on any atom is -0.323 e. The van der Waals surface area contributed by atoms with Crippen LogP contribution in [0.15, 0.2) is 24.3 Å². The first-order chi connectivity index (χ1) is 8.69. The molecule has 18 heavy (non-hydrogen) atoms. The highest BCUT2D eigenvalue weighted by Crippen LogP contribution is 2.01. The first-order valence-electron chi connectivity index (χ1n) is 7.42. The van der Waals surface area contributed by atoms with Crippen LogP contribution < -0.4 is 9.80 Å². The van der Waals surface area contributed by atoms with Crippen molar-refractivity contribution in [2.24, 2.45) is 0 Å². The van der Waals surface area contributed by atoms with Gasteiger partial charge in [-0.2, -0.15) is 0 Å². The summed E-state index contributed by atoms with van der Waals surface area (Å²) >= 11 is 0. The van der Waals surface area contributed by atoms with E-state index in [2.05, 4.69) is 45.0 Å². The van der Waals surface area contributed by atoms with Crippen molar-refractivity contribution in [2.45, 2.75) is 39.8 Å². The molecule has 1 atom stereocenters. The molecule has 0 aliphatic carbocycles. The maximum atomic E-state index is 2.39. The summed E-state index contributed by atoms with van der Waals surface area (Å²) in [6.45, 7) is 13.4. The molecule has 0 aromatic heterocycles. The van der Waals surface area contributed by atoms with Gasteiger partial charge in [-0.3, -0.25) is 0 Å². The molecule has 2 nitrogen and oxygen atoms in total. The predicted molar refractivity (Wildman–Crippen MR) is 76.0 cm³/mol. The van der Waals surface area contributed by atoms with Crippen molar-refractivity contribution in [2.75, 3.05) is 26.2 Å². The Kier molecular flexibility index (Phi) is 4.79. The zero-order chi connectivity index (χ0) is 13.0. The van der Waals surface area contributed by atoms with Gasteiger partial charge in [-0.05, 0) is 20.3 Å². The highest BCUT2D eigenvalue weighted by Gasteiger charge is 2.25. The summed E-state index contributed by atoms with van der Waals surface area (Å²) in [6, 6.07) is 9.88.